The fraction of sp³-hybridized carbons (Fsp3) is 0.125. The fourth-order valence-corrected chi connectivity index (χ4v) is 3.71. The summed E-state index contributed by atoms with van der Waals surface area (Å²) in [6.07, 6.45) is 4.92. The zero-order chi connectivity index (χ0) is 22.3. The molecule has 1 amide bonds. The molecule has 1 N–H and O–H groups in total. The van der Waals surface area contributed by atoms with Crippen molar-refractivity contribution in [2.24, 2.45) is 5.10 Å². The molecule has 0 saturated heterocycles. The van der Waals surface area contributed by atoms with Gasteiger partial charge in [-0.1, -0.05) is 59.3 Å². The van der Waals surface area contributed by atoms with E-state index in [9.17, 15) is 4.79 Å². The first-order valence-corrected chi connectivity index (χ1v) is 11.0. The summed E-state index contributed by atoms with van der Waals surface area (Å²) in [6.45, 7) is 4.09. The van der Waals surface area contributed by atoms with Crippen molar-refractivity contribution in [3.8, 4) is 17.1 Å². The summed E-state index contributed by atoms with van der Waals surface area (Å²) in [5.41, 5.74) is 7.64. The highest BCUT2D eigenvalue weighted by Gasteiger charge is 2.17. The number of nitrogens with zero attached hydrogens (tertiary/aromatic N) is 5. The molecule has 4 rings (SSSR count). The minimum absolute atomic E-state index is 0.158. The quantitative estimate of drug-likeness (QED) is 0.264. The summed E-state index contributed by atoms with van der Waals surface area (Å²) in [4.78, 5) is 16.2. The van der Waals surface area contributed by atoms with Crippen LogP contribution in [-0.2, 0) is 4.79 Å². The number of hydrogen-bond donors (Lipinski definition) is 1. The molecule has 32 heavy (non-hydrogen) atoms. The third kappa shape index (κ3) is 5.28. The second kappa shape index (κ2) is 10.0. The lowest BCUT2D eigenvalue weighted by atomic mass is 10.1. The molecule has 0 fully saturated rings. The van der Waals surface area contributed by atoms with Crippen LogP contribution in [0.2, 0.25) is 0 Å². The number of aryl methyl sites for hydroxylation is 2. The summed E-state index contributed by atoms with van der Waals surface area (Å²) in [6, 6.07) is 19.9. The van der Waals surface area contributed by atoms with Crippen molar-refractivity contribution in [2.45, 2.75) is 19.0 Å². The van der Waals surface area contributed by atoms with E-state index >= 15 is 0 Å². The van der Waals surface area contributed by atoms with Gasteiger partial charge in [-0.15, -0.1) is 10.2 Å². The molecular formula is C24H22N6OS. The molecule has 0 aliphatic heterocycles. The maximum atomic E-state index is 12.3. The standard InChI is InChI=1S/C24H22N6OS/c1-17-3-7-20(8-4-17)23-28-29-24(30(23)21-9-5-18(2)6-10-21)32-16-22(31)27-26-15-19-11-13-25-14-12-19/h3-15H,16H2,1-2H3,(H,27,31)/b26-15+. The van der Waals surface area contributed by atoms with Crippen LogP contribution in [0.5, 0.6) is 0 Å². The molecule has 0 saturated carbocycles. The average molecular weight is 443 g/mol. The van der Waals surface area contributed by atoms with Gasteiger partial charge in [-0.05, 0) is 43.7 Å². The highest BCUT2D eigenvalue weighted by Crippen LogP contribution is 2.28. The Bertz CT molecular complexity index is 1220. The first-order valence-electron chi connectivity index (χ1n) is 10.0. The third-order valence-corrected chi connectivity index (χ3v) is 5.61. The van der Waals surface area contributed by atoms with Crippen molar-refractivity contribution in [1.29, 1.82) is 0 Å². The van der Waals surface area contributed by atoms with Crippen LogP contribution in [0.25, 0.3) is 17.1 Å². The number of hydrazone groups is 1. The normalized spacial score (nSPS) is 11.1. The van der Waals surface area contributed by atoms with Gasteiger partial charge >= 0.3 is 0 Å². The highest BCUT2D eigenvalue weighted by molar-refractivity contribution is 7.99. The largest absolute Gasteiger partial charge is 0.272 e. The molecule has 2 heterocycles. The monoisotopic (exact) mass is 442 g/mol. The van der Waals surface area contributed by atoms with Crippen LogP contribution >= 0.6 is 11.8 Å². The van der Waals surface area contributed by atoms with Crippen LogP contribution in [0, 0.1) is 13.8 Å². The second-order valence-corrected chi connectivity index (χ2v) is 8.15. The molecule has 0 unspecified atom stereocenters. The van der Waals surface area contributed by atoms with Crippen molar-refractivity contribution in [1.82, 2.24) is 25.2 Å². The molecule has 0 atom stereocenters. The Balaban J connectivity index is 1.53. The van der Waals surface area contributed by atoms with Crippen LogP contribution in [0.1, 0.15) is 16.7 Å². The van der Waals surface area contributed by atoms with Gasteiger partial charge in [0.1, 0.15) is 0 Å². The summed E-state index contributed by atoms with van der Waals surface area (Å²) < 4.78 is 1.97. The molecule has 2 aromatic heterocycles. The van der Waals surface area contributed by atoms with Crippen molar-refractivity contribution >= 4 is 23.9 Å². The first-order chi connectivity index (χ1) is 15.6. The molecule has 0 aliphatic carbocycles. The number of thioether (sulfide) groups is 1. The molecule has 0 radical (unpaired) electrons. The Hall–Kier alpha value is -3.78. The second-order valence-electron chi connectivity index (χ2n) is 7.21. The number of pyridine rings is 1. The predicted molar refractivity (Wildman–Crippen MR) is 127 cm³/mol. The molecule has 0 aliphatic rings. The number of carbonyl (C=O) groups excluding carboxylic acids is 1. The van der Waals surface area contributed by atoms with Gasteiger partial charge in [0.15, 0.2) is 11.0 Å². The van der Waals surface area contributed by atoms with Crippen LogP contribution in [0.3, 0.4) is 0 Å². The number of rotatable bonds is 7. The van der Waals surface area contributed by atoms with Crippen LogP contribution in [0.4, 0.5) is 0 Å². The lowest BCUT2D eigenvalue weighted by molar-refractivity contribution is -0.118. The van der Waals surface area contributed by atoms with Crippen molar-refractivity contribution < 1.29 is 4.79 Å². The molecule has 8 heteroatoms. The number of hydrogen-bond acceptors (Lipinski definition) is 6. The van der Waals surface area contributed by atoms with E-state index in [1.54, 1.807) is 30.7 Å². The average Bonchev–Trinajstić information content (AvgIpc) is 3.23. The SMILES string of the molecule is Cc1ccc(-c2nnc(SCC(=O)N/N=C/c3ccncc3)n2-c2ccc(C)cc2)cc1. The zero-order valence-corrected chi connectivity index (χ0v) is 18.6. The van der Waals surface area contributed by atoms with Crippen molar-refractivity contribution in [3.63, 3.8) is 0 Å². The van der Waals surface area contributed by atoms with Gasteiger partial charge in [-0.25, -0.2) is 5.43 Å². The number of nitrogens with one attached hydrogen (secondary N) is 1. The van der Waals surface area contributed by atoms with Crippen molar-refractivity contribution in [3.05, 3.63) is 89.7 Å². The topological polar surface area (TPSA) is 85.1 Å². The fourth-order valence-electron chi connectivity index (χ4n) is 2.97. The van der Waals surface area contributed by atoms with Gasteiger partial charge in [0.2, 0.25) is 0 Å². The summed E-state index contributed by atoms with van der Waals surface area (Å²) >= 11 is 1.31. The Labute approximate surface area is 190 Å². The maximum Gasteiger partial charge on any atom is 0.250 e. The van der Waals surface area contributed by atoms with E-state index < -0.39 is 0 Å². The van der Waals surface area contributed by atoms with E-state index in [0.717, 1.165) is 22.6 Å². The first kappa shape index (κ1) is 21.5. The lowest BCUT2D eigenvalue weighted by Crippen LogP contribution is -2.20. The van der Waals surface area contributed by atoms with Gasteiger partial charge < -0.3 is 0 Å². The van der Waals surface area contributed by atoms with E-state index in [2.05, 4.69) is 25.7 Å². The summed E-state index contributed by atoms with van der Waals surface area (Å²) in [7, 11) is 0. The van der Waals surface area contributed by atoms with Gasteiger partial charge in [0.25, 0.3) is 5.91 Å². The van der Waals surface area contributed by atoms with Crippen LogP contribution in [0.15, 0.2) is 83.3 Å². The van der Waals surface area contributed by atoms with E-state index in [1.807, 2.05) is 66.9 Å². The molecule has 7 nitrogen and oxygen atoms in total. The van der Waals surface area contributed by atoms with E-state index in [0.29, 0.717) is 5.16 Å². The Morgan fingerprint density at radius 2 is 1.62 bits per heavy atom. The molecule has 2 aromatic carbocycles. The highest BCUT2D eigenvalue weighted by atomic mass is 32.2. The number of benzene rings is 2. The van der Waals surface area contributed by atoms with E-state index in [4.69, 9.17) is 0 Å². The molecule has 4 aromatic rings. The Morgan fingerprint density at radius 1 is 0.969 bits per heavy atom. The predicted octanol–water partition coefficient (Wildman–Crippen LogP) is 4.19. The maximum absolute atomic E-state index is 12.3. The minimum Gasteiger partial charge on any atom is -0.272 e. The van der Waals surface area contributed by atoms with Gasteiger partial charge in [0.05, 0.1) is 12.0 Å². The lowest BCUT2D eigenvalue weighted by Gasteiger charge is -2.11. The van der Waals surface area contributed by atoms with Gasteiger partial charge in [-0.2, -0.15) is 5.10 Å². The smallest absolute Gasteiger partial charge is 0.250 e. The van der Waals surface area contributed by atoms with Crippen LogP contribution < -0.4 is 5.43 Å². The molecule has 160 valence electrons. The van der Waals surface area contributed by atoms with Gasteiger partial charge in [0, 0.05) is 23.6 Å². The molecule has 0 bridgehead atoms. The van der Waals surface area contributed by atoms with E-state index in [-0.39, 0.29) is 11.7 Å². The number of amides is 1. The minimum atomic E-state index is -0.226. The van der Waals surface area contributed by atoms with E-state index in [1.165, 1.54) is 22.9 Å². The third-order valence-electron chi connectivity index (χ3n) is 4.68. The Kier molecular flexibility index (Phi) is 6.72. The van der Waals surface area contributed by atoms with Crippen molar-refractivity contribution in [2.75, 3.05) is 5.75 Å². The number of aromatic nitrogens is 4. The molecule has 0 spiro atoms. The summed E-state index contributed by atoms with van der Waals surface area (Å²) in [5, 5.41) is 13.4. The van der Waals surface area contributed by atoms with Crippen LogP contribution in [-0.4, -0.2) is 37.6 Å². The molecular weight excluding hydrogens is 420 g/mol. The zero-order valence-electron chi connectivity index (χ0n) is 17.8. The Morgan fingerprint density at radius 3 is 2.31 bits per heavy atom. The summed E-state index contributed by atoms with van der Waals surface area (Å²) in [5.74, 6) is 0.661. The number of carbonyl (C=O) groups is 1. The van der Waals surface area contributed by atoms with Gasteiger partial charge in [-0.3, -0.25) is 14.3 Å².